The van der Waals surface area contributed by atoms with Gasteiger partial charge in [0.1, 0.15) is 0 Å². The van der Waals surface area contributed by atoms with Crippen molar-refractivity contribution >= 4 is 27.5 Å². The van der Waals surface area contributed by atoms with Crippen LogP contribution < -0.4 is 5.32 Å². The van der Waals surface area contributed by atoms with Crippen LogP contribution >= 0.6 is 15.9 Å². The van der Waals surface area contributed by atoms with Crippen LogP contribution in [0.15, 0.2) is 24.3 Å². The minimum atomic E-state index is -4.39. The van der Waals surface area contributed by atoms with E-state index in [2.05, 4.69) is 21.2 Å². The fraction of sp³-hybridized carbons (Fsp3) is 0.364. The summed E-state index contributed by atoms with van der Waals surface area (Å²) in [5.74, 6) is -0.394. The average Bonchev–Trinajstić information content (AvgIpc) is 2.31. The normalized spacial score (nSPS) is 10.2. The van der Waals surface area contributed by atoms with Crippen LogP contribution in [0, 0.1) is 0 Å². The molecule has 0 aliphatic heterocycles. The summed E-state index contributed by atoms with van der Waals surface area (Å²) in [5.41, 5.74) is -0.649. The number of anilines is 1. The maximum Gasteiger partial charge on any atom is 0.416 e. The number of nitrogens with one attached hydrogen (secondary N) is 1. The van der Waals surface area contributed by atoms with Crippen LogP contribution in [-0.4, -0.2) is 11.2 Å². The third kappa shape index (κ3) is 5.72. The van der Waals surface area contributed by atoms with Gasteiger partial charge in [0.2, 0.25) is 5.91 Å². The first-order valence-corrected chi connectivity index (χ1v) is 6.08. The molecule has 0 spiro atoms. The first kappa shape index (κ1) is 16.0. The number of benzene rings is 1. The van der Waals surface area contributed by atoms with Crippen molar-refractivity contribution in [1.29, 1.82) is 0 Å². The molecule has 0 saturated carbocycles. The summed E-state index contributed by atoms with van der Waals surface area (Å²) < 4.78 is 36.8. The molecule has 0 aliphatic carbocycles. The molecule has 0 saturated heterocycles. The van der Waals surface area contributed by atoms with Crippen molar-refractivity contribution in [3.63, 3.8) is 0 Å². The number of alkyl halides is 4. The van der Waals surface area contributed by atoms with E-state index in [9.17, 15) is 18.0 Å². The molecule has 0 bridgehead atoms. The zero-order valence-electron chi connectivity index (χ0n) is 9.44. The van der Waals surface area contributed by atoms with Gasteiger partial charge in [-0.1, -0.05) is 35.8 Å². The largest absolute Gasteiger partial charge is 0.416 e. The molecule has 0 radical (unpaired) electrons. The van der Waals surface area contributed by atoms with Gasteiger partial charge >= 0.3 is 6.18 Å². The standard InChI is InChI=1S/C9H7BrF3NO.C2H6/c10-5-8(15)14-7-3-1-2-6(4-7)9(11,12)13;1-2/h1-4H,5H2,(H,14,15);1-2H3. The molecule has 1 rings (SSSR count). The van der Waals surface area contributed by atoms with Crippen LogP contribution in [-0.2, 0) is 11.0 Å². The van der Waals surface area contributed by atoms with Crippen LogP contribution in [0.3, 0.4) is 0 Å². The summed E-state index contributed by atoms with van der Waals surface area (Å²) in [4.78, 5) is 10.9. The molecule has 0 fully saturated rings. The van der Waals surface area contributed by atoms with Crippen LogP contribution in [0.2, 0.25) is 0 Å². The van der Waals surface area contributed by atoms with Gasteiger partial charge in [0.05, 0.1) is 10.9 Å². The lowest BCUT2D eigenvalue weighted by molar-refractivity contribution is -0.137. The van der Waals surface area contributed by atoms with E-state index in [-0.39, 0.29) is 11.0 Å². The Bertz CT molecular complexity index is 366. The van der Waals surface area contributed by atoms with Gasteiger partial charge < -0.3 is 5.32 Å². The molecule has 1 aromatic carbocycles. The average molecular weight is 312 g/mol. The minimum Gasteiger partial charge on any atom is -0.325 e. The highest BCUT2D eigenvalue weighted by molar-refractivity contribution is 9.09. The van der Waals surface area contributed by atoms with Crippen molar-refractivity contribution in [1.82, 2.24) is 0 Å². The van der Waals surface area contributed by atoms with E-state index in [0.717, 1.165) is 12.1 Å². The number of carbonyl (C=O) groups is 1. The van der Waals surface area contributed by atoms with Gasteiger partial charge in [0.15, 0.2) is 0 Å². The second-order valence-corrected chi connectivity index (χ2v) is 3.32. The summed E-state index contributed by atoms with van der Waals surface area (Å²) >= 11 is 2.90. The lowest BCUT2D eigenvalue weighted by Gasteiger charge is -2.08. The minimum absolute atomic E-state index is 0.0449. The number of halogens is 4. The van der Waals surface area contributed by atoms with E-state index in [1.807, 2.05) is 13.8 Å². The number of carbonyl (C=O) groups excluding carboxylic acids is 1. The fourth-order valence-electron chi connectivity index (χ4n) is 0.968. The SMILES string of the molecule is CC.O=C(CBr)Nc1cccc(C(F)(F)F)c1. The van der Waals surface area contributed by atoms with Crippen LogP contribution in [0.1, 0.15) is 19.4 Å². The zero-order chi connectivity index (χ0) is 13.5. The van der Waals surface area contributed by atoms with Gasteiger partial charge in [-0.3, -0.25) is 4.79 Å². The van der Waals surface area contributed by atoms with Crippen LogP contribution in [0.5, 0.6) is 0 Å². The number of amides is 1. The van der Waals surface area contributed by atoms with Gasteiger partial charge in [-0.15, -0.1) is 0 Å². The molecule has 1 aromatic rings. The van der Waals surface area contributed by atoms with Crippen molar-refractivity contribution in [2.24, 2.45) is 0 Å². The number of hydrogen-bond acceptors (Lipinski definition) is 1. The maximum absolute atomic E-state index is 12.3. The topological polar surface area (TPSA) is 29.1 Å². The van der Waals surface area contributed by atoms with Gasteiger partial charge in [-0.2, -0.15) is 13.2 Å². The number of rotatable bonds is 2. The quantitative estimate of drug-likeness (QED) is 0.820. The third-order valence-electron chi connectivity index (χ3n) is 1.60. The Morgan fingerprint density at radius 3 is 2.41 bits per heavy atom. The van der Waals surface area contributed by atoms with E-state index in [0.29, 0.717) is 0 Å². The molecular weight excluding hydrogens is 299 g/mol. The van der Waals surface area contributed by atoms with Crippen LogP contribution in [0.4, 0.5) is 18.9 Å². The third-order valence-corrected chi connectivity index (χ3v) is 2.10. The van der Waals surface area contributed by atoms with Crippen molar-refractivity contribution in [2.45, 2.75) is 20.0 Å². The Balaban J connectivity index is 0.00000121. The summed E-state index contributed by atoms with van der Waals surface area (Å²) in [6.45, 7) is 4.00. The molecule has 0 heterocycles. The summed E-state index contributed by atoms with van der Waals surface area (Å²) in [5, 5.41) is 2.36. The summed E-state index contributed by atoms with van der Waals surface area (Å²) in [6.07, 6.45) is -4.39. The fourth-order valence-corrected chi connectivity index (χ4v) is 1.11. The van der Waals surface area contributed by atoms with Crippen molar-refractivity contribution in [3.05, 3.63) is 29.8 Å². The molecule has 17 heavy (non-hydrogen) atoms. The Hall–Kier alpha value is -1.04. The first-order valence-electron chi connectivity index (χ1n) is 4.96. The molecule has 0 atom stereocenters. The highest BCUT2D eigenvalue weighted by Crippen LogP contribution is 2.30. The lowest BCUT2D eigenvalue weighted by atomic mass is 10.2. The van der Waals surface area contributed by atoms with E-state index < -0.39 is 17.6 Å². The Kier molecular flexibility index (Phi) is 6.87. The predicted octanol–water partition coefficient (Wildman–Crippen LogP) is 4.07. The second kappa shape index (κ2) is 7.32. The molecule has 96 valence electrons. The molecular formula is C11H13BrF3NO. The zero-order valence-corrected chi connectivity index (χ0v) is 11.0. The van der Waals surface area contributed by atoms with E-state index in [1.165, 1.54) is 12.1 Å². The Morgan fingerprint density at radius 2 is 1.94 bits per heavy atom. The monoisotopic (exact) mass is 311 g/mol. The maximum atomic E-state index is 12.3. The van der Waals surface area contributed by atoms with E-state index >= 15 is 0 Å². The molecule has 0 aromatic heterocycles. The van der Waals surface area contributed by atoms with Gasteiger partial charge in [-0.05, 0) is 18.2 Å². The van der Waals surface area contributed by atoms with Gasteiger partial charge in [0, 0.05) is 5.69 Å². The molecule has 1 amide bonds. The highest BCUT2D eigenvalue weighted by atomic mass is 79.9. The molecule has 6 heteroatoms. The molecule has 0 aliphatic rings. The van der Waals surface area contributed by atoms with Crippen molar-refractivity contribution in [2.75, 3.05) is 10.6 Å². The van der Waals surface area contributed by atoms with Crippen molar-refractivity contribution in [3.8, 4) is 0 Å². The summed E-state index contributed by atoms with van der Waals surface area (Å²) in [7, 11) is 0. The smallest absolute Gasteiger partial charge is 0.325 e. The summed E-state index contributed by atoms with van der Waals surface area (Å²) in [6, 6.07) is 4.48. The van der Waals surface area contributed by atoms with Gasteiger partial charge in [0.25, 0.3) is 0 Å². The van der Waals surface area contributed by atoms with E-state index in [1.54, 1.807) is 0 Å². The predicted molar refractivity (Wildman–Crippen MR) is 65.2 cm³/mol. The van der Waals surface area contributed by atoms with Crippen LogP contribution in [0.25, 0.3) is 0 Å². The molecule has 0 unspecified atom stereocenters. The van der Waals surface area contributed by atoms with Crippen molar-refractivity contribution < 1.29 is 18.0 Å². The first-order chi connectivity index (χ1) is 7.93. The van der Waals surface area contributed by atoms with E-state index in [4.69, 9.17) is 0 Å². The molecule has 1 N–H and O–H groups in total. The Morgan fingerprint density at radius 1 is 1.35 bits per heavy atom. The highest BCUT2D eigenvalue weighted by Gasteiger charge is 2.30. The molecule has 2 nitrogen and oxygen atoms in total. The number of hydrogen-bond donors (Lipinski definition) is 1. The lowest BCUT2D eigenvalue weighted by Crippen LogP contribution is -2.13. The second-order valence-electron chi connectivity index (χ2n) is 2.76. The Labute approximate surface area is 106 Å². The van der Waals surface area contributed by atoms with Gasteiger partial charge in [-0.25, -0.2) is 0 Å².